The molecule has 1 N–H and O–H groups in total. The van der Waals surface area contributed by atoms with E-state index < -0.39 is 0 Å². The van der Waals surface area contributed by atoms with Gasteiger partial charge in [0.2, 0.25) is 5.91 Å². The van der Waals surface area contributed by atoms with Crippen LogP contribution in [-0.2, 0) is 14.3 Å². The molecule has 1 aromatic rings. The van der Waals surface area contributed by atoms with Gasteiger partial charge in [0, 0.05) is 20.1 Å². The van der Waals surface area contributed by atoms with E-state index in [1.165, 1.54) is 25.6 Å². The Labute approximate surface area is 130 Å². The summed E-state index contributed by atoms with van der Waals surface area (Å²) in [7, 11) is 1.68. The quantitative estimate of drug-likeness (QED) is 0.890. The lowest BCUT2D eigenvalue weighted by molar-refractivity contribution is -0.140. The number of methoxy groups -OCH3 is 1. The molecule has 0 radical (unpaired) electrons. The van der Waals surface area contributed by atoms with Crippen LogP contribution in [0.2, 0.25) is 0 Å². The molecule has 0 aromatic carbocycles. The summed E-state index contributed by atoms with van der Waals surface area (Å²) in [6, 6.07) is -0.102. The number of rotatable bonds is 5. The van der Waals surface area contributed by atoms with E-state index in [2.05, 4.69) is 15.2 Å². The van der Waals surface area contributed by atoms with E-state index in [9.17, 15) is 4.79 Å². The summed E-state index contributed by atoms with van der Waals surface area (Å²) in [5.74, 6) is 0.720. The minimum atomic E-state index is -0.102. The van der Waals surface area contributed by atoms with Gasteiger partial charge in [-0.3, -0.25) is 9.89 Å². The number of H-pyrrole nitrogens is 1. The molecule has 0 spiro atoms. The molecule has 2 atom stereocenters. The van der Waals surface area contributed by atoms with Crippen molar-refractivity contribution >= 4 is 5.91 Å². The van der Waals surface area contributed by atoms with Gasteiger partial charge < -0.3 is 14.4 Å². The maximum Gasteiger partial charge on any atom is 0.249 e. The number of amides is 1. The number of nitrogens with zero attached hydrogens (tertiary/aromatic N) is 3. The number of hydrogen-bond donors (Lipinski definition) is 1. The molecule has 2 fully saturated rings. The highest BCUT2D eigenvalue weighted by atomic mass is 16.5. The number of aromatic nitrogens is 3. The Hall–Kier alpha value is -1.47. The lowest BCUT2D eigenvalue weighted by Crippen LogP contribution is -2.36. The van der Waals surface area contributed by atoms with Crippen molar-refractivity contribution in [3.05, 3.63) is 12.2 Å². The minimum absolute atomic E-state index is 0.00604. The molecule has 7 heteroatoms. The van der Waals surface area contributed by atoms with Crippen LogP contribution in [0.1, 0.15) is 50.4 Å². The fraction of sp³-hybridized carbons (Fsp3) is 0.800. The smallest absolute Gasteiger partial charge is 0.249 e. The molecule has 1 aromatic heterocycles. The molecule has 1 saturated heterocycles. The van der Waals surface area contributed by atoms with Crippen molar-refractivity contribution in [3.63, 3.8) is 0 Å². The predicted molar refractivity (Wildman–Crippen MR) is 79.1 cm³/mol. The summed E-state index contributed by atoms with van der Waals surface area (Å²) < 4.78 is 11.2. The molecule has 1 aliphatic heterocycles. The molecule has 0 unspecified atom stereocenters. The molecule has 22 heavy (non-hydrogen) atoms. The highest BCUT2D eigenvalue weighted by Crippen LogP contribution is 2.31. The van der Waals surface area contributed by atoms with Crippen LogP contribution in [0, 0.1) is 0 Å². The van der Waals surface area contributed by atoms with Gasteiger partial charge in [0.05, 0.1) is 18.2 Å². The maximum absolute atomic E-state index is 12.5. The van der Waals surface area contributed by atoms with Crippen molar-refractivity contribution < 1.29 is 14.3 Å². The van der Waals surface area contributed by atoms with Crippen LogP contribution in [-0.4, -0.2) is 58.5 Å². The Morgan fingerprint density at radius 1 is 1.36 bits per heavy atom. The summed E-state index contributed by atoms with van der Waals surface area (Å²) in [5.41, 5.74) is 0. The predicted octanol–water partition coefficient (Wildman–Crippen LogP) is 1.44. The summed E-state index contributed by atoms with van der Waals surface area (Å²) in [6.07, 6.45) is 8.31. The first-order valence-corrected chi connectivity index (χ1v) is 8.07. The third kappa shape index (κ3) is 3.47. The third-order valence-electron chi connectivity index (χ3n) is 4.66. The summed E-state index contributed by atoms with van der Waals surface area (Å²) in [5, 5.41) is 6.75. The average molecular weight is 308 g/mol. The molecule has 1 aliphatic carbocycles. The van der Waals surface area contributed by atoms with Gasteiger partial charge >= 0.3 is 0 Å². The van der Waals surface area contributed by atoms with Crippen molar-refractivity contribution in [3.8, 4) is 0 Å². The molecule has 3 rings (SSSR count). The summed E-state index contributed by atoms with van der Waals surface area (Å²) in [4.78, 5) is 18.5. The highest BCUT2D eigenvalue weighted by Gasteiger charge is 2.38. The van der Waals surface area contributed by atoms with Crippen molar-refractivity contribution in [1.82, 2.24) is 20.1 Å². The van der Waals surface area contributed by atoms with Crippen molar-refractivity contribution in [1.29, 1.82) is 0 Å². The van der Waals surface area contributed by atoms with Crippen molar-refractivity contribution in [2.24, 2.45) is 0 Å². The number of hydrogen-bond acceptors (Lipinski definition) is 5. The molecule has 1 saturated carbocycles. The van der Waals surface area contributed by atoms with E-state index in [1.807, 2.05) is 0 Å². The largest absolute Gasteiger partial charge is 0.380 e. The summed E-state index contributed by atoms with van der Waals surface area (Å²) >= 11 is 0. The Kier molecular flexibility index (Phi) is 5.04. The van der Waals surface area contributed by atoms with Gasteiger partial charge in [-0.05, 0) is 12.8 Å². The standard InChI is InChI=1S/C15H24N4O3/c1-21-12-7-13(15-16-10-17-18-15)19(8-12)14(20)9-22-11-5-3-2-4-6-11/h10-13H,2-9H2,1H3,(H,16,17,18)/t12-,13+/m1/s1. The zero-order valence-corrected chi connectivity index (χ0v) is 13.0. The second-order valence-corrected chi connectivity index (χ2v) is 6.10. The lowest BCUT2D eigenvalue weighted by atomic mass is 9.98. The first-order valence-electron chi connectivity index (χ1n) is 8.07. The molecule has 2 heterocycles. The number of aromatic amines is 1. The van der Waals surface area contributed by atoms with Crippen molar-refractivity contribution in [2.45, 2.75) is 56.8 Å². The van der Waals surface area contributed by atoms with Crippen LogP contribution >= 0.6 is 0 Å². The third-order valence-corrected chi connectivity index (χ3v) is 4.66. The van der Waals surface area contributed by atoms with Gasteiger partial charge in [-0.25, -0.2) is 4.98 Å². The number of nitrogens with one attached hydrogen (secondary N) is 1. The number of carbonyl (C=O) groups excluding carboxylic acids is 1. The van der Waals surface area contributed by atoms with Crippen LogP contribution in [0.5, 0.6) is 0 Å². The second kappa shape index (κ2) is 7.19. The van der Waals surface area contributed by atoms with Gasteiger partial charge in [-0.2, -0.15) is 5.10 Å². The molecule has 1 amide bonds. The van der Waals surface area contributed by atoms with Crippen LogP contribution in [0.3, 0.4) is 0 Å². The first kappa shape index (κ1) is 15.4. The topological polar surface area (TPSA) is 80.3 Å². The van der Waals surface area contributed by atoms with Gasteiger partial charge in [-0.15, -0.1) is 0 Å². The van der Waals surface area contributed by atoms with E-state index in [0.717, 1.165) is 19.3 Å². The van der Waals surface area contributed by atoms with Crippen LogP contribution in [0.25, 0.3) is 0 Å². The highest BCUT2D eigenvalue weighted by molar-refractivity contribution is 5.78. The van der Waals surface area contributed by atoms with Crippen LogP contribution in [0.4, 0.5) is 0 Å². The molecular formula is C15H24N4O3. The van der Waals surface area contributed by atoms with E-state index >= 15 is 0 Å². The Balaban J connectivity index is 1.59. The number of carbonyl (C=O) groups is 1. The van der Waals surface area contributed by atoms with Gasteiger partial charge in [0.15, 0.2) is 0 Å². The molecule has 0 bridgehead atoms. The van der Waals surface area contributed by atoms with Crippen LogP contribution in [0.15, 0.2) is 6.33 Å². The number of ether oxygens (including phenoxy) is 2. The van der Waals surface area contributed by atoms with Crippen molar-refractivity contribution in [2.75, 3.05) is 20.3 Å². The van der Waals surface area contributed by atoms with Crippen LogP contribution < -0.4 is 0 Å². The van der Waals surface area contributed by atoms with Gasteiger partial charge in [-0.1, -0.05) is 19.3 Å². The normalized spacial score (nSPS) is 26.5. The lowest BCUT2D eigenvalue weighted by Gasteiger charge is -2.25. The summed E-state index contributed by atoms with van der Waals surface area (Å²) in [6.45, 7) is 0.723. The fourth-order valence-electron chi connectivity index (χ4n) is 3.38. The SMILES string of the molecule is CO[C@@H]1C[C@@H](c2ncn[nH]2)N(C(=O)COC2CCCCC2)C1. The van der Waals surface area contributed by atoms with E-state index in [-0.39, 0.29) is 30.8 Å². The van der Waals surface area contributed by atoms with Gasteiger partial charge in [0.25, 0.3) is 0 Å². The first-order chi connectivity index (χ1) is 10.8. The van der Waals surface area contributed by atoms with Gasteiger partial charge in [0.1, 0.15) is 18.8 Å². The van der Waals surface area contributed by atoms with E-state index in [4.69, 9.17) is 9.47 Å². The Morgan fingerprint density at radius 3 is 2.86 bits per heavy atom. The zero-order chi connectivity index (χ0) is 15.4. The monoisotopic (exact) mass is 308 g/mol. The zero-order valence-electron chi connectivity index (χ0n) is 13.0. The minimum Gasteiger partial charge on any atom is -0.380 e. The molecule has 122 valence electrons. The Morgan fingerprint density at radius 2 is 2.18 bits per heavy atom. The van der Waals surface area contributed by atoms with E-state index in [1.54, 1.807) is 12.0 Å². The van der Waals surface area contributed by atoms with E-state index in [0.29, 0.717) is 12.4 Å². The average Bonchev–Trinajstić information content (AvgIpc) is 3.22. The Bertz CT molecular complexity index is 473. The fourth-order valence-corrected chi connectivity index (χ4v) is 3.38. The molecular weight excluding hydrogens is 284 g/mol. The number of likely N-dealkylation sites (tertiary alicyclic amines) is 1. The second-order valence-electron chi connectivity index (χ2n) is 6.10. The maximum atomic E-state index is 12.5. The molecule has 2 aliphatic rings. The molecule has 7 nitrogen and oxygen atoms in total.